The van der Waals surface area contributed by atoms with Gasteiger partial charge in [0.1, 0.15) is 6.54 Å². The molecule has 1 rings (SSSR count). The van der Waals surface area contributed by atoms with Crippen molar-refractivity contribution in [2.24, 2.45) is 0 Å². The summed E-state index contributed by atoms with van der Waals surface area (Å²) in [5.74, 6) is -0.410. The molecule has 0 aliphatic carbocycles. The number of methoxy groups -OCH3 is 1. The Morgan fingerprint density at radius 2 is 2.05 bits per heavy atom. The molecule has 0 aliphatic rings. The van der Waals surface area contributed by atoms with Crippen molar-refractivity contribution >= 4 is 35.2 Å². The van der Waals surface area contributed by atoms with Crippen molar-refractivity contribution in [2.75, 3.05) is 14.2 Å². The van der Waals surface area contributed by atoms with Gasteiger partial charge in [-0.1, -0.05) is 35.3 Å². The van der Waals surface area contributed by atoms with Crippen molar-refractivity contribution in [2.45, 2.75) is 19.5 Å². The monoisotopic (exact) mass is 319 g/mol. The van der Waals surface area contributed by atoms with E-state index in [0.29, 0.717) is 16.6 Å². The van der Waals surface area contributed by atoms with E-state index in [9.17, 15) is 9.59 Å². The minimum Gasteiger partial charge on any atom is -0.453 e. The summed E-state index contributed by atoms with van der Waals surface area (Å²) in [4.78, 5) is 23.7. The molecular formula is C13H17Cl2N2O3+. The predicted molar refractivity (Wildman–Crippen MR) is 77.1 cm³/mol. The summed E-state index contributed by atoms with van der Waals surface area (Å²) in [5, 5.41) is 3.10. The Hall–Kier alpha value is -1.30. The molecule has 1 aromatic rings. The van der Waals surface area contributed by atoms with Gasteiger partial charge in [-0.2, -0.15) is 0 Å². The Morgan fingerprint density at radius 1 is 1.40 bits per heavy atom. The molecular weight excluding hydrogens is 303 g/mol. The molecule has 0 aromatic heterocycles. The van der Waals surface area contributed by atoms with Crippen LogP contribution >= 0.6 is 23.2 Å². The van der Waals surface area contributed by atoms with Gasteiger partial charge in [-0.05, 0) is 13.0 Å². The van der Waals surface area contributed by atoms with Crippen molar-refractivity contribution in [1.82, 2.24) is 5.32 Å². The smallest absolute Gasteiger partial charge is 0.413 e. The Bertz CT molecular complexity index is 508. The van der Waals surface area contributed by atoms with E-state index in [1.165, 1.54) is 7.11 Å². The van der Waals surface area contributed by atoms with Crippen LogP contribution in [-0.2, 0) is 16.1 Å². The topological polar surface area (TPSA) is 59.8 Å². The molecule has 2 amide bonds. The van der Waals surface area contributed by atoms with Crippen LogP contribution in [0.5, 0.6) is 0 Å². The maximum absolute atomic E-state index is 11.8. The van der Waals surface area contributed by atoms with Crippen LogP contribution in [0.1, 0.15) is 12.5 Å². The fourth-order valence-electron chi connectivity index (χ4n) is 1.62. The van der Waals surface area contributed by atoms with E-state index in [1.807, 2.05) is 13.1 Å². The zero-order chi connectivity index (χ0) is 15.3. The number of ether oxygens (including phenoxy) is 1. The summed E-state index contributed by atoms with van der Waals surface area (Å²) >= 11 is 12.1. The molecule has 0 saturated carbocycles. The molecule has 7 heteroatoms. The lowest BCUT2D eigenvalue weighted by molar-refractivity contribution is -0.908. The largest absolute Gasteiger partial charge is 0.453 e. The van der Waals surface area contributed by atoms with Crippen LogP contribution in [0.15, 0.2) is 18.2 Å². The van der Waals surface area contributed by atoms with Crippen molar-refractivity contribution in [3.8, 4) is 0 Å². The normalized spacial score (nSPS) is 13.4. The zero-order valence-electron chi connectivity index (χ0n) is 11.5. The summed E-state index contributed by atoms with van der Waals surface area (Å²) in [6.07, 6.45) is -0.768. The molecule has 0 bridgehead atoms. The van der Waals surface area contributed by atoms with Crippen LogP contribution in [0, 0.1) is 0 Å². The van der Waals surface area contributed by atoms with Crippen LogP contribution in [0.3, 0.4) is 0 Å². The number of imide groups is 1. The molecule has 0 aliphatic heterocycles. The number of benzene rings is 1. The first kappa shape index (κ1) is 16.8. The number of rotatable bonds is 4. The van der Waals surface area contributed by atoms with Gasteiger partial charge in [0.2, 0.25) is 0 Å². The molecule has 5 nitrogen and oxygen atoms in total. The first-order valence-corrected chi connectivity index (χ1v) is 6.76. The van der Waals surface area contributed by atoms with E-state index in [-0.39, 0.29) is 0 Å². The number of carbonyl (C=O) groups excluding carboxylic acids is 2. The second-order valence-corrected chi connectivity index (χ2v) is 5.22. The van der Waals surface area contributed by atoms with Crippen LogP contribution in [-0.4, -0.2) is 32.2 Å². The highest BCUT2D eigenvalue weighted by molar-refractivity contribution is 6.42. The first-order valence-electron chi connectivity index (χ1n) is 6.00. The van der Waals surface area contributed by atoms with Gasteiger partial charge in [-0.15, -0.1) is 0 Å². The van der Waals surface area contributed by atoms with E-state index in [2.05, 4.69) is 10.1 Å². The number of carbonyl (C=O) groups is 2. The average Bonchev–Trinajstić information content (AvgIpc) is 2.42. The summed E-state index contributed by atoms with van der Waals surface area (Å²) < 4.78 is 4.39. The van der Waals surface area contributed by atoms with Crippen LogP contribution in [0.2, 0.25) is 10.0 Å². The van der Waals surface area contributed by atoms with E-state index in [1.54, 1.807) is 19.1 Å². The second-order valence-electron chi connectivity index (χ2n) is 4.44. The molecule has 2 atom stereocenters. The van der Waals surface area contributed by atoms with Crippen LogP contribution in [0.4, 0.5) is 4.79 Å². The maximum atomic E-state index is 11.8. The van der Waals surface area contributed by atoms with Crippen molar-refractivity contribution in [1.29, 1.82) is 0 Å². The number of quaternary nitrogens is 1. The Balaban J connectivity index is 2.70. The molecule has 0 fully saturated rings. The summed E-state index contributed by atoms with van der Waals surface area (Å²) in [5.41, 5.74) is 0.842. The molecule has 20 heavy (non-hydrogen) atoms. The fraction of sp³-hybridized carbons (Fsp3) is 0.385. The predicted octanol–water partition coefficient (Wildman–Crippen LogP) is 1.28. The Kier molecular flexibility index (Phi) is 6.26. The molecule has 110 valence electrons. The minimum atomic E-state index is -0.768. The quantitative estimate of drug-likeness (QED) is 0.879. The highest BCUT2D eigenvalue weighted by Gasteiger charge is 2.24. The van der Waals surface area contributed by atoms with Crippen LogP contribution < -0.4 is 10.2 Å². The number of halogens is 2. The summed E-state index contributed by atoms with van der Waals surface area (Å²) in [6, 6.07) is 4.92. The molecule has 0 radical (unpaired) electrons. The van der Waals surface area contributed by atoms with Gasteiger partial charge in [0, 0.05) is 5.56 Å². The molecule has 0 heterocycles. The number of hydrogen-bond donors (Lipinski definition) is 2. The molecule has 1 aromatic carbocycles. The first-order chi connectivity index (χ1) is 9.36. The van der Waals surface area contributed by atoms with Gasteiger partial charge in [0.05, 0.1) is 24.2 Å². The van der Waals surface area contributed by atoms with E-state index >= 15 is 0 Å². The molecule has 0 saturated heterocycles. The maximum Gasteiger partial charge on any atom is 0.413 e. The highest BCUT2D eigenvalue weighted by Crippen LogP contribution is 2.24. The Morgan fingerprint density at radius 3 is 2.65 bits per heavy atom. The highest BCUT2D eigenvalue weighted by atomic mass is 35.5. The zero-order valence-corrected chi connectivity index (χ0v) is 13.0. The number of alkyl carbamates (subject to hydrolysis) is 1. The standard InChI is InChI=1S/C13H16Cl2N2O3/c1-8(12(18)16-13(19)20-3)17(2)7-9-5-4-6-10(14)11(9)15/h4-6,8H,7H2,1-3H3,(H,16,18,19)/p+1/t8-/m1/s1. The van der Waals surface area contributed by atoms with E-state index in [4.69, 9.17) is 23.2 Å². The van der Waals surface area contributed by atoms with Crippen molar-refractivity contribution in [3.05, 3.63) is 33.8 Å². The van der Waals surface area contributed by atoms with E-state index in [0.717, 1.165) is 10.5 Å². The van der Waals surface area contributed by atoms with Gasteiger partial charge in [0.15, 0.2) is 6.04 Å². The van der Waals surface area contributed by atoms with Crippen molar-refractivity contribution in [3.63, 3.8) is 0 Å². The van der Waals surface area contributed by atoms with Crippen molar-refractivity contribution < 1.29 is 19.2 Å². The second kappa shape index (κ2) is 7.47. The fourth-order valence-corrected chi connectivity index (χ4v) is 2.01. The lowest BCUT2D eigenvalue weighted by atomic mass is 10.2. The van der Waals surface area contributed by atoms with Gasteiger partial charge in [-0.25, -0.2) is 4.79 Å². The third-order valence-electron chi connectivity index (χ3n) is 3.04. The average molecular weight is 320 g/mol. The lowest BCUT2D eigenvalue weighted by Crippen LogP contribution is -3.12. The van der Waals surface area contributed by atoms with Gasteiger partial charge >= 0.3 is 6.09 Å². The third kappa shape index (κ3) is 4.37. The lowest BCUT2D eigenvalue weighted by Gasteiger charge is -2.21. The third-order valence-corrected chi connectivity index (χ3v) is 3.90. The minimum absolute atomic E-state index is 0.410. The summed E-state index contributed by atoms with van der Waals surface area (Å²) in [7, 11) is 3.04. The SMILES string of the molecule is COC(=O)NC(=O)[C@@H](C)[NH+](C)Cc1cccc(Cl)c1Cl. The molecule has 0 spiro atoms. The summed E-state index contributed by atoms with van der Waals surface area (Å²) in [6.45, 7) is 2.22. The number of amides is 2. The molecule has 2 N–H and O–H groups in total. The van der Waals surface area contributed by atoms with Gasteiger partial charge in [-0.3, -0.25) is 10.1 Å². The molecule has 1 unspecified atom stereocenters. The van der Waals surface area contributed by atoms with Crippen LogP contribution in [0.25, 0.3) is 0 Å². The number of nitrogens with one attached hydrogen (secondary N) is 2. The number of likely N-dealkylation sites (N-methyl/N-ethyl adjacent to an activating group) is 1. The van der Waals surface area contributed by atoms with Gasteiger partial charge in [0.25, 0.3) is 5.91 Å². The number of hydrogen-bond acceptors (Lipinski definition) is 3. The van der Waals surface area contributed by atoms with Gasteiger partial charge < -0.3 is 9.64 Å². The van der Waals surface area contributed by atoms with E-state index < -0.39 is 18.0 Å². The Labute approximate surface area is 127 Å².